The number of rotatable bonds is 3. The molecule has 8 aromatic carbocycles. The van der Waals surface area contributed by atoms with E-state index in [-0.39, 0.29) is 0 Å². The van der Waals surface area contributed by atoms with Gasteiger partial charge in [0.05, 0.1) is 25.8 Å². The normalized spacial score (nSPS) is 13.6. The van der Waals surface area contributed by atoms with Crippen molar-refractivity contribution in [3.05, 3.63) is 192 Å². The van der Waals surface area contributed by atoms with Gasteiger partial charge < -0.3 is 0 Å². The predicted octanol–water partition coefficient (Wildman–Crippen LogP) is 13.9. The van der Waals surface area contributed by atoms with Crippen LogP contribution in [0.3, 0.4) is 0 Å². The van der Waals surface area contributed by atoms with Crippen molar-refractivity contribution in [2.45, 2.75) is 15.2 Å². The van der Waals surface area contributed by atoms with Gasteiger partial charge in [-0.15, -0.1) is 22.7 Å². The maximum Gasteiger partial charge on any atom is 0.124 e. The molecule has 12 rings (SSSR count). The quantitative estimate of drug-likeness (QED) is 0.180. The van der Waals surface area contributed by atoms with Gasteiger partial charge in [-0.25, -0.2) is 9.97 Å². The zero-order valence-electron chi connectivity index (χ0n) is 28.8. The minimum atomic E-state index is -0.469. The molecule has 0 fully saturated rings. The molecule has 2 aromatic heterocycles. The number of fused-ring (bicyclic) bond motifs is 12. The van der Waals surface area contributed by atoms with Crippen LogP contribution in [0.4, 0.5) is 0 Å². The minimum Gasteiger partial charge on any atom is -0.236 e. The summed E-state index contributed by atoms with van der Waals surface area (Å²) in [7, 11) is 0. The van der Waals surface area contributed by atoms with Gasteiger partial charge in [0.2, 0.25) is 0 Å². The van der Waals surface area contributed by atoms with E-state index in [9.17, 15) is 0 Å². The standard InChI is InChI=1S/C49H28N2S3/c1-2-12-30-27-40-36(26-29(30)11-1)35-22-21-31(28-39(35)49(40)37-13-3-7-17-43(37)52-44-18-8-4-14-38(44)49)32-23-33(47-50-41-15-5-9-19-45(41)53-47)25-34(24-32)48-51-42-16-6-10-20-46(42)54-48/h1-28H. The van der Waals surface area contributed by atoms with E-state index in [4.69, 9.17) is 9.97 Å². The van der Waals surface area contributed by atoms with E-state index in [1.807, 2.05) is 11.8 Å². The van der Waals surface area contributed by atoms with E-state index in [0.29, 0.717) is 0 Å². The molecule has 5 heteroatoms. The Morgan fingerprint density at radius 3 is 1.52 bits per heavy atom. The lowest BCUT2D eigenvalue weighted by Crippen LogP contribution is -2.32. The van der Waals surface area contributed by atoms with Crippen molar-refractivity contribution in [1.82, 2.24) is 9.97 Å². The second kappa shape index (κ2) is 11.6. The summed E-state index contributed by atoms with van der Waals surface area (Å²) in [5, 5.41) is 4.56. The fourth-order valence-electron chi connectivity index (χ4n) is 8.79. The average Bonchev–Trinajstić information content (AvgIpc) is 3.94. The first-order valence-corrected chi connectivity index (χ1v) is 20.6. The van der Waals surface area contributed by atoms with Crippen molar-refractivity contribution < 1.29 is 0 Å². The molecule has 0 unspecified atom stereocenters. The zero-order chi connectivity index (χ0) is 35.4. The molecule has 0 radical (unpaired) electrons. The lowest BCUT2D eigenvalue weighted by molar-refractivity contribution is 0.723. The van der Waals surface area contributed by atoms with Crippen molar-refractivity contribution >= 4 is 65.6 Å². The van der Waals surface area contributed by atoms with Crippen LogP contribution in [0.15, 0.2) is 180 Å². The first kappa shape index (κ1) is 30.6. The molecule has 0 N–H and O–H groups in total. The number of para-hydroxylation sites is 2. The van der Waals surface area contributed by atoms with E-state index < -0.39 is 5.41 Å². The van der Waals surface area contributed by atoms with Crippen LogP contribution in [0, 0.1) is 0 Å². The summed E-state index contributed by atoms with van der Waals surface area (Å²) in [5.41, 5.74) is 14.1. The van der Waals surface area contributed by atoms with E-state index in [2.05, 4.69) is 170 Å². The SMILES string of the molecule is c1ccc2c(c1)Sc1ccccc1C21c2cc(-c3cc(-c4nc5ccccc5s4)cc(-c4nc5ccccc5s4)c3)ccc2-c2cc3ccccc3cc21. The van der Waals surface area contributed by atoms with Crippen LogP contribution < -0.4 is 0 Å². The lowest BCUT2D eigenvalue weighted by Gasteiger charge is -2.39. The molecular formula is C49H28N2S3. The highest BCUT2D eigenvalue weighted by Gasteiger charge is 2.50. The molecule has 0 amide bonds. The Bertz CT molecular complexity index is 2970. The van der Waals surface area contributed by atoms with Gasteiger partial charge in [0, 0.05) is 20.9 Å². The fraction of sp³-hybridized carbons (Fsp3) is 0.0204. The summed E-state index contributed by atoms with van der Waals surface area (Å²) >= 11 is 5.38. The molecule has 2 nitrogen and oxygen atoms in total. The summed E-state index contributed by atoms with van der Waals surface area (Å²) in [4.78, 5) is 12.9. The number of thiazole rings is 2. The topological polar surface area (TPSA) is 25.8 Å². The summed E-state index contributed by atoms with van der Waals surface area (Å²) in [6.07, 6.45) is 0. The average molecular weight is 741 g/mol. The zero-order valence-corrected chi connectivity index (χ0v) is 31.2. The van der Waals surface area contributed by atoms with Crippen LogP contribution in [0.1, 0.15) is 22.3 Å². The van der Waals surface area contributed by atoms with Crippen LogP contribution in [-0.2, 0) is 5.41 Å². The fourth-order valence-corrected chi connectivity index (χ4v) is 11.9. The minimum absolute atomic E-state index is 0.469. The highest BCUT2D eigenvalue weighted by molar-refractivity contribution is 7.99. The Morgan fingerprint density at radius 2 is 0.889 bits per heavy atom. The maximum absolute atomic E-state index is 5.12. The molecule has 3 heterocycles. The van der Waals surface area contributed by atoms with E-state index in [1.165, 1.54) is 68.9 Å². The third-order valence-corrected chi connectivity index (χ3v) is 14.5. The maximum atomic E-state index is 5.12. The summed E-state index contributed by atoms with van der Waals surface area (Å²) in [6, 6.07) is 62.8. The number of aromatic nitrogens is 2. The molecule has 10 aromatic rings. The molecule has 0 saturated heterocycles. The first-order valence-electron chi connectivity index (χ1n) is 18.1. The molecule has 252 valence electrons. The number of hydrogen-bond donors (Lipinski definition) is 0. The first-order chi connectivity index (χ1) is 26.7. The molecule has 54 heavy (non-hydrogen) atoms. The van der Waals surface area contributed by atoms with Gasteiger partial charge in [0.25, 0.3) is 0 Å². The van der Waals surface area contributed by atoms with Crippen molar-refractivity contribution in [1.29, 1.82) is 0 Å². The van der Waals surface area contributed by atoms with Gasteiger partial charge in [-0.05, 0) is 128 Å². The van der Waals surface area contributed by atoms with Crippen LogP contribution in [0.2, 0.25) is 0 Å². The summed E-state index contributed by atoms with van der Waals surface area (Å²) < 4.78 is 2.38. The lowest BCUT2D eigenvalue weighted by atomic mass is 9.67. The number of benzene rings is 8. The van der Waals surface area contributed by atoms with Gasteiger partial charge >= 0.3 is 0 Å². The molecule has 1 spiro atoms. The van der Waals surface area contributed by atoms with Crippen molar-refractivity contribution in [3.63, 3.8) is 0 Å². The third-order valence-electron chi connectivity index (χ3n) is 11.2. The monoisotopic (exact) mass is 740 g/mol. The molecular weight excluding hydrogens is 713 g/mol. The van der Waals surface area contributed by atoms with Gasteiger partial charge in [0.15, 0.2) is 0 Å². The number of hydrogen-bond acceptors (Lipinski definition) is 5. The molecule has 0 saturated carbocycles. The van der Waals surface area contributed by atoms with Crippen LogP contribution in [-0.4, -0.2) is 9.97 Å². The summed E-state index contributed by atoms with van der Waals surface area (Å²) in [6.45, 7) is 0. The number of nitrogens with zero attached hydrogens (tertiary/aromatic N) is 2. The predicted molar refractivity (Wildman–Crippen MR) is 228 cm³/mol. The van der Waals surface area contributed by atoms with E-state index in [1.54, 1.807) is 22.7 Å². The van der Waals surface area contributed by atoms with Crippen molar-refractivity contribution in [2.24, 2.45) is 0 Å². The third kappa shape index (κ3) is 4.40. The van der Waals surface area contributed by atoms with Gasteiger partial charge in [-0.2, -0.15) is 0 Å². The van der Waals surface area contributed by atoms with Gasteiger partial charge in [0.1, 0.15) is 10.0 Å². The van der Waals surface area contributed by atoms with Crippen LogP contribution in [0.25, 0.3) is 74.6 Å². The van der Waals surface area contributed by atoms with Crippen LogP contribution >= 0.6 is 34.4 Å². The molecule has 0 atom stereocenters. The van der Waals surface area contributed by atoms with Gasteiger partial charge in [-0.1, -0.05) is 109 Å². The Morgan fingerprint density at radius 1 is 0.370 bits per heavy atom. The molecule has 2 aliphatic rings. The molecule has 1 aliphatic heterocycles. The van der Waals surface area contributed by atoms with Crippen molar-refractivity contribution in [3.8, 4) is 43.4 Å². The second-order valence-corrected chi connectivity index (χ2v) is 17.3. The van der Waals surface area contributed by atoms with E-state index >= 15 is 0 Å². The highest BCUT2D eigenvalue weighted by Crippen LogP contribution is 2.63. The summed E-state index contributed by atoms with van der Waals surface area (Å²) in [5.74, 6) is 0. The van der Waals surface area contributed by atoms with E-state index in [0.717, 1.165) is 37.7 Å². The van der Waals surface area contributed by atoms with Crippen LogP contribution in [0.5, 0.6) is 0 Å². The smallest absolute Gasteiger partial charge is 0.124 e. The Hall–Kier alpha value is -5.85. The largest absolute Gasteiger partial charge is 0.236 e. The highest BCUT2D eigenvalue weighted by atomic mass is 32.2. The molecule has 0 bridgehead atoms. The second-order valence-electron chi connectivity index (χ2n) is 14.1. The Kier molecular flexibility index (Phi) is 6.56. The Balaban J connectivity index is 1.14. The van der Waals surface area contributed by atoms with Crippen molar-refractivity contribution in [2.75, 3.05) is 0 Å². The molecule has 1 aliphatic carbocycles. The Labute approximate surface area is 324 Å². The van der Waals surface area contributed by atoms with Gasteiger partial charge in [-0.3, -0.25) is 0 Å².